The van der Waals surface area contributed by atoms with E-state index in [4.69, 9.17) is 0 Å². The van der Waals surface area contributed by atoms with Gasteiger partial charge in [-0.2, -0.15) is 0 Å². The van der Waals surface area contributed by atoms with E-state index in [2.05, 4.69) is 5.32 Å². The molecule has 0 spiro atoms. The van der Waals surface area contributed by atoms with E-state index < -0.39 is 0 Å². The molecule has 0 atom stereocenters. The third kappa shape index (κ3) is 1.09. The van der Waals surface area contributed by atoms with Gasteiger partial charge in [0.05, 0.1) is 0 Å². The summed E-state index contributed by atoms with van der Waals surface area (Å²) in [7, 11) is 0. The molecule has 0 aromatic heterocycles. The Morgan fingerprint density at radius 3 is 1.64 bits per heavy atom. The van der Waals surface area contributed by atoms with Gasteiger partial charge in [-0.15, -0.1) is 0 Å². The summed E-state index contributed by atoms with van der Waals surface area (Å²) in [6.45, 7) is 3.47. The van der Waals surface area contributed by atoms with E-state index in [1.54, 1.807) is 26.0 Å². The summed E-state index contributed by atoms with van der Waals surface area (Å²) in [5, 5.41) is 2.20. The van der Waals surface area contributed by atoms with Gasteiger partial charge in [0.2, 0.25) is 0 Å². The van der Waals surface area contributed by atoms with Crippen molar-refractivity contribution in [2.45, 2.75) is 13.8 Å². The molecule has 3 heteroatoms. The van der Waals surface area contributed by atoms with Crippen molar-refractivity contribution in [3.8, 4) is 0 Å². The number of nitrogens with one attached hydrogen (secondary N) is 1. The van der Waals surface area contributed by atoms with Crippen LogP contribution in [0.15, 0.2) is 23.3 Å². The fourth-order valence-electron chi connectivity index (χ4n) is 1.06. The lowest BCUT2D eigenvalue weighted by atomic mass is 10.1. The van der Waals surface area contributed by atoms with Crippen molar-refractivity contribution in [3.05, 3.63) is 23.3 Å². The van der Waals surface area contributed by atoms with Crippen LogP contribution in [0.3, 0.4) is 0 Å². The number of imide groups is 1. The number of allylic oxidation sites excluding steroid dienone is 2. The molecule has 0 radical (unpaired) electrons. The zero-order valence-corrected chi connectivity index (χ0v) is 6.47. The van der Waals surface area contributed by atoms with E-state index in [9.17, 15) is 9.59 Å². The van der Waals surface area contributed by atoms with E-state index in [0.29, 0.717) is 11.1 Å². The van der Waals surface area contributed by atoms with Crippen molar-refractivity contribution in [2.75, 3.05) is 0 Å². The van der Waals surface area contributed by atoms with E-state index >= 15 is 0 Å². The monoisotopic (exact) mass is 151 g/mol. The highest BCUT2D eigenvalue weighted by Crippen LogP contribution is 2.16. The number of amides is 2. The lowest BCUT2D eigenvalue weighted by Gasteiger charge is -1.89. The standard InChI is InChI=1S/C8H9NO2/c1-3-5-6(4-2)8(11)9-7(5)10/h3-4H,1-2H3,(H,9,10,11)/b5-3+,6-4+. The number of carbonyl (C=O) groups is 2. The van der Waals surface area contributed by atoms with Crippen molar-refractivity contribution in [1.82, 2.24) is 5.32 Å². The van der Waals surface area contributed by atoms with E-state index in [-0.39, 0.29) is 11.8 Å². The SMILES string of the molecule is C/C=C1/C(=O)NC(=O)/C1=C/C. The maximum Gasteiger partial charge on any atom is 0.258 e. The Hall–Kier alpha value is -1.38. The van der Waals surface area contributed by atoms with Gasteiger partial charge in [0.25, 0.3) is 11.8 Å². The normalized spacial score (nSPS) is 24.9. The number of hydrogen-bond donors (Lipinski definition) is 1. The molecule has 0 saturated carbocycles. The van der Waals surface area contributed by atoms with Gasteiger partial charge in [-0.05, 0) is 13.8 Å². The molecule has 0 aliphatic carbocycles. The van der Waals surface area contributed by atoms with E-state index in [0.717, 1.165) is 0 Å². The first-order chi connectivity index (χ1) is 5.20. The van der Waals surface area contributed by atoms with Gasteiger partial charge in [0, 0.05) is 11.1 Å². The van der Waals surface area contributed by atoms with Crippen LogP contribution >= 0.6 is 0 Å². The predicted octanol–water partition coefficient (Wildman–Crippen LogP) is 0.535. The summed E-state index contributed by atoms with van der Waals surface area (Å²) in [4.78, 5) is 21.9. The zero-order chi connectivity index (χ0) is 8.43. The minimum absolute atomic E-state index is 0.300. The van der Waals surface area contributed by atoms with Gasteiger partial charge in [0.1, 0.15) is 0 Å². The summed E-state index contributed by atoms with van der Waals surface area (Å²) in [5.41, 5.74) is 0.940. The minimum atomic E-state index is -0.300. The maximum atomic E-state index is 10.9. The Morgan fingerprint density at radius 2 is 1.36 bits per heavy atom. The van der Waals surface area contributed by atoms with Gasteiger partial charge in [0.15, 0.2) is 0 Å². The van der Waals surface area contributed by atoms with Gasteiger partial charge >= 0.3 is 0 Å². The minimum Gasteiger partial charge on any atom is -0.288 e. The van der Waals surface area contributed by atoms with Gasteiger partial charge in [-0.1, -0.05) is 12.2 Å². The fraction of sp³-hybridized carbons (Fsp3) is 0.250. The van der Waals surface area contributed by atoms with Gasteiger partial charge < -0.3 is 0 Å². The Balaban J connectivity index is 3.14. The van der Waals surface area contributed by atoms with E-state index in [1.165, 1.54) is 0 Å². The van der Waals surface area contributed by atoms with Crippen molar-refractivity contribution in [1.29, 1.82) is 0 Å². The summed E-state index contributed by atoms with van der Waals surface area (Å²) in [6.07, 6.45) is 3.27. The molecular weight excluding hydrogens is 142 g/mol. The lowest BCUT2D eigenvalue weighted by molar-refractivity contribution is -0.123. The molecule has 58 valence electrons. The first-order valence-corrected chi connectivity index (χ1v) is 3.39. The van der Waals surface area contributed by atoms with Crippen LogP contribution in [0.5, 0.6) is 0 Å². The first kappa shape index (κ1) is 7.72. The van der Waals surface area contributed by atoms with Crippen molar-refractivity contribution in [3.63, 3.8) is 0 Å². The van der Waals surface area contributed by atoms with Gasteiger partial charge in [-0.3, -0.25) is 14.9 Å². The third-order valence-corrected chi connectivity index (χ3v) is 1.58. The Bertz CT molecular complexity index is 246. The largest absolute Gasteiger partial charge is 0.288 e. The van der Waals surface area contributed by atoms with Crippen molar-refractivity contribution >= 4 is 11.8 Å². The zero-order valence-electron chi connectivity index (χ0n) is 6.47. The summed E-state index contributed by atoms with van der Waals surface area (Å²) in [5.74, 6) is -0.601. The summed E-state index contributed by atoms with van der Waals surface area (Å²) >= 11 is 0. The quantitative estimate of drug-likeness (QED) is 0.405. The molecule has 1 aliphatic rings. The molecule has 0 aromatic rings. The molecule has 1 heterocycles. The number of hydrogen-bond acceptors (Lipinski definition) is 2. The van der Waals surface area contributed by atoms with Crippen LogP contribution in [0.1, 0.15) is 13.8 Å². The number of rotatable bonds is 0. The van der Waals surface area contributed by atoms with Crippen LogP contribution in [0.25, 0.3) is 0 Å². The maximum absolute atomic E-state index is 10.9. The molecule has 2 amide bonds. The Kier molecular flexibility index (Phi) is 1.89. The molecule has 1 aliphatic heterocycles. The molecule has 0 unspecified atom stereocenters. The molecule has 1 rings (SSSR count). The highest BCUT2D eigenvalue weighted by Gasteiger charge is 2.28. The molecular formula is C8H9NO2. The smallest absolute Gasteiger partial charge is 0.258 e. The Morgan fingerprint density at radius 1 is 1.00 bits per heavy atom. The molecule has 0 aromatic carbocycles. The predicted molar refractivity (Wildman–Crippen MR) is 40.7 cm³/mol. The van der Waals surface area contributed by atoms with Crippen LogP contribution < -0.4 is 5.32 Å². The summed E-state index contributed by atoms with van der Waals surface area (Å²) in [6, 6.07) is 0. The third-order valence-electron chi connectivity index (χ3n) is 1.58. The van der Waals surface area contributed by atoms with Crippen molar-refractivity contribution < 1.29 is 9.59 Å². The lowest BCUT2D eigenvalue weighted by Crippen LogP contribution is -2.19. The van der Waals surface area contributed by atoms with Gasteiger partial charge in [-0.25, -0.2) is 0 Å². The molecule has 1 N–H and O–H groups in total. The molecule has 0 bridgehead atoms. The fourth-order valence-corrected chi connectivity index (χ4v) is 1.06. The summed E-state index contributed by atoms with van der Waals surface area (Å²) < 4.78 is 0. The van der Waals surface area contributed by atoms with Crippen LogP contribution in [0.2, 0.25) is 0 Å². The molecule has 1 saturated heterocycles. The Labute approximate surface area is 64.8 Å². The molecule has 11 heavy (non-hydrogen) atoms. The second-order valence-electron chi connectivity index (χ2n) is 2.19. The van der Waals surface area contributed by atoms with Crippen LogP contribution in [0.4, 0.5) is 0 Å². The van der Waals surface area contributed by atoms with Crippen LogP contribution in [0, 0.1) is 0 Å². The topological polar surface area (TPSA) is 46.2 Å². The average Bonchev–Trinajstić information content (AvgIpc) is 2.24. The second-order valence-corrected chi connectivity index (χ2v) is 2.19. The average molecular weight is 151 g/mol. The first-order valence-electron chi connectivity index (χ1n) is 3.39. The van der Waals surface area contributed by atoms with Crippen LogP contribution in [-0.2, 0) is 9.59 Å². The molecule has 1 fully saturated rings. The molecule has 3 nitrogen and oxygen atoms in total. The second kappa shape index (κ2) is 2.70. The van der Waals surface area contributed by atoms with Crippen molar-refractivity contribution in [2.24, 2.45) is 0 Å². The number of carbonyl (C=O) groups excluding carboxylic acids is 2. The highest BCUT2D eigenvalue weighted by atomic mass is 16.2. The van der Waals surface area contributed by atoms with E-state index in [1.807, 2.05) is 0 Å². The highest BCUT2D eigenvalue weighted by molar-refractivity contribution is 6.24. The van der Waals surface area contributed by atoms with Crippen LogP contribution in [-0.4, -0.2) is 11.8 Å².